The van der Waals surface area contributed by atoms with Gasteiger partial charge in [-0.15, -0.1) is 12.4 Å². The number of anilines is 1. The van der Waals surface area contributed by atoms with Crippen LogP contribution in [0.1, 0.15) is 11.1 Å². The Morgan fingerprint density at radius 3 is 2.19 bits per heavy atom. The number of ether oxygens (including phenoxy) is 2. The van der Waals surface area contributed by atoms with E-state index in [9.17, 15) is 18.0 Å². The van der Waals surface area contributed by atoms with Crippen molar-refractivity contribution in [2.45, 2.75) is 4.90 Å². The molecule has 1 aliphatic heterocycles. The molecule has 170 valence electrons. The third-order valence-corrected chi connectivity index (χ3v) is 6.42. The van der Waals surface area contributed by atoms with Crippen LogP contribution in [0.3, 0.4) is 0 Å². The van der Waals surface area contributed by atoms with Gasteiger partial charge in [0.15, 0.2) is 15.6 Å². The van der Waals surface area contributed by atoms with Gasteiger partial charge in [-0.3, -0.25) is 15.0 Å². The molecule has 0 radical (unpaired) electrons. The van der Waals surface area contributed by atoms with Gasteiger partial charge in [0.25, 0.3) is 5.91 Å². The Hall–Kier alpha value is -3.37. The van der Waals surface area contributed by atoms with Crippen LogP contribution in [0, 0.1) is 5.41 Å². The van der Waals surface area contributed by atoms with Crippen LogP contribution in [0.2, 0.25) is 0 Å². The summed E-state index contributed by atoms with van der Waals surface area (Å²) in [6.07, 6.45) is 0. The number of esters is 1. The van der Waals surface area contributed by atoms with Crippen molar-refractivity contribution >= 4 is 51.2 Å². The Labute approximate surface area is 191 Å². The number of carbonyl (C=O) groups is 2. The molecule has 32 heavy (non-hydrogen) atoms. The van der Waals surface area contributed by atoms with Crippen molar-refractivity contribution in [3.05, 3.63) is 65.4 Å². The maximum absolute atomic E-state index is 13.1. The highest BCUT2D eigenvalue weighted by Crippen LogP contribution is 2.32. The van der Waals surface area contributed by atoms with Crippen LogP contribution in [0.25, 0.3) is 5.57 Å². The van der Waals surface area contributed by atoms with Crippen LogP contribution in [-0.4, -0.2) is 52.6 Å². The van der Waals surface area contributed by atoms with E-state index >= 15 is 0 Å². The molecule has 0 saturated heterocycles. The maximum Gasteiger partial charge on any atom is 0.321 e. The number of rotatable bonds is 7. The highest BCUT2D eigenvalue weighted by molar-refractivity contribution is 7.92. The summed E-state index contributed by atoms with van der Waals surface area (Å²) < 4.78 is 34.4. The second-order valence-corrected chi connectivity index (χ2v) is 8.70. The van der Waals surface area contributed by atoms with Crippen LogP contribution in [-0.2, 0) is 28.9 Å². The predicted molar refractivity (Wildman–Crippen MR) is 121 cm³/mol. The Balaban J connectivity index is 0.00000363. The van der Waals surface area contributed by atoms with E-state index in [0.29, 0.717) is 28.1 Å². The number of methoxy groups -OCH3 is 2. The molecule has 2 aromatic carbocycles. The van der Waals surface area contributed by atoms with Crippen LogP contribution < -0.4 is 10.6 Å². The monoisotopic (exact) mass is 479 g/mol. The van der Waals surface area contributed by atoms with Gasteiger partial charge in [-0.1, -0.05) is 12.1 Å². The number of carbonyl (C=O) groups excluding carboxylic acids is 2. The molecule has 1 aliphatic rings. The van der Waals surface area contributed by atoms with E-state index in [1.165, 1.54) is 36.3 Å². The zero-order valence-corrected chi connectivity index (χ0v) is 19.0. The highest BCUT2D eigenvalue weighted by Gasteiger charge is 2.33. The minimum atomic E-state index is -3.85. The molecule has 0 saturated carbocycles. The van der Waals surface area contributed by atoms with Gasteiger partial charge in [0.2, 0.25) is 0 Å². The summed E-state index contributed by atoms with van der Waals surface area (Å²) in [6, 6.07) is 12.3. The van der Waals surface area contributed by atoms with Crippen LogP contribution in [0.15, 0.2) is 59.2 Å². The largest absolute Gasteiger partial charge is 0.498 e. The molecule has 0 unspecified atom stereocenters. The average molecular weight is 480 g/mol. The molecule has 0 bridgehead atoms. The summed E-state index contributed by atoms with van der Waals surface area (Å²) >= 11 is 0. The number of hydrogen-bond acceptors (Lipinski definition) is 7. The van der Waals surface area contributed by atoms with Crippen molar-refractivity contribution in [2.75, 3.05) is 31.4 Å². The fourth-order valence-corrected chi connectivity index (χ4v) is 4.30. The summed E-state index contributed by atoms with van der Waals surface area (Å²) in [5, 5.41) is 7.47. The molecule has 9 nitrogen and oxygen atoms in total. The number of sulfone groups is 1. The molecule has 3 rings (SSSR count). The average Bonchev–Trinajstić information content (AvgIpc) is 3.09. The van der Waals surface area contributed by atoms with Crippen molar-refractivity contribution in [1.82, 2.24) is 0 Å². The van der Waals surface area contributed by atoms with E-state index in [1.807, 2.05) is 0 Å². The van der Waals surface area contributed by atoms with E-state index in [4.69, 9.17) is 15.9 Å². The number of nitrogen functional groups attached to an aromatic ring is 1. The van der Waals surface area contributed by atoms with Crippen molar-refractivity contribution in [2.24, 2.45) is 5.73 Å². The number of hydrogen-bond donors (Lipinski definition) is 2. The molecule has 0 fully saturated rings. The van der Waals surface area contributed by atoms with E-state index in [-0.39, 0.29) is 35.6 Å². The normalized spacial score (nSPS) is 13.6. The predicted octanol–water partition coefficient (Wildman–Crippen LogP) is 1.74. The molecule has 2 aromatic rings. The SMILES string of the molecule is COC(=O)CS(=O)(=O)c1ccc(C2=C(OC)CN(c3ccc(C(=N)N)cc3)C2=O)cc1.Cl. The number of nitrogens with one attached hydrogen (secondary N) is 1. The van der Waals surface area contributed by atoms with Gasteiger partial charge < -0.3 is 20.1 Å². The lowest BCUT2D eigenvalue weighted by Crippen LogP contribution is -2.26. The topological polar surface area (TPSA) is 140 Å². The van der Waals surface area contributed by atoms with Gasteiger partial charge in [0, 0.05) is 11.3 Å². The third-order valence-electron chi connectivity index (χ3n) is 4.81. The zero-order valence-electron chi connectivity index (χ0n) is 17.3. The number of amides is 1. The fraction of sp³-hybridized carbons (Fsp3) is 0.190. The number of nitrogens with two attached hydrogens (primary N) is 1. The van der Waals surface area contributed by atoms with E-state index in [0.717, 1.165) is 7.11 Å². The van der Waals surface area contributed by atoms with E-state index < -0.39 is 21.6 Å². The molecular weight excluding hydrogens is 458 g/mol. The quantitative estimate of drug-likeness (QED) is 0.350. The Morgan fingerprint density at radius 2 is 1.69 bits per heavy atom. The lowest BCUT2D eigenvalue weighted by atomic mass is 10.1. The third kappa shape index (κ3) is 4.92. The summed E-state index contributed by atoms with van der Waals surface area (Å²) in [7, 11) is -1.28. The number of halogens is 1. The van der Waals surface area contributed by atoms with Crippen LogP contribution >= 0.6 is 12.4 Å². The first-order valence-corrected chi connectivity index (χ1v) is 10.8. The van der Waals surface area contributed by atoms with Crippen molar-refractivity contribution in [1.29, 1.82) is 5.41 Å². The zero-order chi connectivity index (χ0) is 22.8. The maximum atomic E-state index is 13.1. The molecule has 1 heterocycles. The Bertz CT molecular complexity index is 1180. The molecule has 11 heteroatoms. The van der Waals surface area contributed by atoms with E-state index in [2.05, 4.69) is 4.74 Å². The van der Waals surface area contributed by atoms with Gasteiger partial charge in [-0.05, 0) is 42.0 Å². The molecule has 0 aliphatic carbocycles. The molecule has 0 atom stereocenters. The summed E-state index contributed by atoms with van der Waals surface area (Å²) in [5.41, 5.74) is 7.42. The summed E-state index contributed by atoms with van der Waals surface area (Å²) in [6.45, 7) is 0.201. The van der Waals surface area contributed by atoms with Crippen molar-refractivity contribution in [3.8, 4) is 0 Å². The van der Waals surface area contributed by atoms with Gasteiger partial charge in [0.1, 0.15) is 11.6 Å². The first-order chi connectivity index (χ1) is 14.7. The summed E-state index contributed by atoms with van der Waals surface area (Å²) in [5.74, 6) is -1.56. The first-order valence-electron chi connectivity index (χ1n) is 9.11. The minimum absolute atomic E-state index is 0. The van der Waals surface area contributed by atoms with Crippen LogP contribution in [0.5, 0.6) is 0 Å². The molecule has 0 spiro atoms. The minimum Gasteiger partial charge on any atom is -0.498 e. The highest BCUT2D eigenvalue weighted by atomic mass is 35.5. The lowest BCUT2D eigenvalue weighted by Gasteiger charge is -2.17. The smallest absolute Gasteiger partial charge is 0.321 e. The van der Waals surface area contributed by atoms with Gasteiger partial charge >= 0.3 is 5.97 Å². The Morgan fingerprint density at radius 1 is 1.09 bits per heavy atom. The summed E-state index contributed by atoms with van der Waals surface area (Å²) in [4.78, 5) is 25.9. The molecular formula is C21H22ClN3O6S. The second kappa shape index (κ2) is 9.84. The molecule has 1 amide bonds. The number of nitrogens with zero attached hydrogens (tertiary/aromatic N) is 1. The standard InChI is InChI=1S/C21H21N3O6S.ClH/c1-29-17-11-24(15-7-3-14(4-8-15)20(22)23)21(26)19(17)13-5-9-16(10-6-13)31(27,28)12-18(25)30-2;/h3-10H,11-12H2,1-2H3,(H3,22,23);1H. The molecule has 0 aromatic heterocycles. The number of amidine groups is 1. The number of benzene rings is 2. The van der Waals surface area contributed by atoms with Gasteiger partial charge in [-0.25, -0.2) is 8.42 Å². The molecule has 3 N–H and O–H groups in total. The second-order valence-electron chi connectivity index (χ2n) is 6.71. The van der Waals surface area contributed by atoms with E-state index in [1.54, 1.807) is 24.3 Å². The fourth-order valence-electron chi connectivity index (χ4n) is 3.16. The first kappa shape index (κ1) is 24.9. The van der Waals surface area contributed by atoms with Crippen LogP contribution in [0.4, 0.5) is 5.69 Å². The Kier molecular flexibility index (Phi) is 7.65. The van der Waals surface area contributed by atoms with Crippen molar-refractivity contribution in [3.63, 3.8) is 0 Å². The van der Waals surface area contributed by atoms with Crippen molar-refractivity contribution < 1.29 is 27.5 Å². The van der Waals surface area contributed by atoms with Gasteiger partial charge in [-0.2, -0.15) is 0 Å². The lowest BCUT2D eigenvalue weighted by molar-refractivity contribution is -0.137. The van der Waals surface area contributed by atoms with Gasteiger partial charge in [0.05, 0.1) is 31.2 Å².